The van der Waals surface area contributed by atoms with Crippen LogP contribution in [0.15, 0.2) is 16.9 Å². The van der Waals surface area contributed by atoms with E-state index in [1.807, 2.05) is 18.3 Å². The van der Waals surface area contributed by atoms with E-state index in [0.717, 1.165) is 35.0 Å². The summed E-state index contributed by atoms with van der Waals surface area (Å²) in [6.45, 7) is 2.45. The van der Waals surface area contributed by atoms with Gasteiger partial charge in [0.15, 0.2) is 0 Å². The predicted molar refractivity (Wildman–Crippen MR) is 95.6 cm³/mol. The van der Waals surface area contributed by atoms with Crippen LogP contribution in [0.2, 0.25) is 0 Å². The average molecular weight is 341 g/mol. The molecule has 124 valence electrons. The first-order valence-corrected chi connectivity index (χ1v) is 9.10. The number of thiophene rings is 1. The zero-order chi connectivity index (χ0) is 16.5. The molecule has 0 aromatic carbocycles. The highest BCUT2D eigenvalue weighted by Gasteiger charge is 2.19. The van der Waals surface area contributed by atoms with Gasteiger partial charge in [0.1, 0.15) is 16.5 Å². The fourth-order valence-electron chi connectivity index (χ4n) is 3.21. The normalized spacial score (nSPS) is 14.4. The molecule has 4 rings (SSSR count). The van der Waals surface area contributed by atoms with Gasteiger partial charge >= 0.3 is 0 Å². The summed E-state index contributed by atoms with van der Waals surface area (Å²) in [6.07, 6.45) is 6.03. The molecule has 0 fully saturated rings. The van der Waals surface area contributed by atoms with Crippen LogP contribution in [0.3, 0.4) is 0 Å². The summed E-state index contributed by atoms with van der Waals surface area (Å²) in [4.78, 5) is 22.9. The molecule has 3 heterocycles. The summed E-state index contributed by atoms with van der Waals surface area (Å²) >= 11 is 1.81. The zero-order valence-electron chi connectivity index (χ0n) is 13.6. The Balaban J connectivity index is 1.72. The molecule has 0 amide bonds. The molecule has 2 N–H and O–H groups in total. The number of anilines is 1. The first-order chi connectivity index (χ1) is 11.7. The molecule has 0 bridgehead atoms. The van der Waals surface area contributed by atoms with Gasteiger partial charge in [-0.15, -0.1) is 11.3 Å². The van der Waals surface area contributed by atoms with Crippen molar-refractivity contribution in [2.45, 2.75) is 45.6 Å². The number of H-pyrrole nitrogens is 1. The van der Waals surface area contributed by atoms with Gasteiger partial charge < -0.3 is 5.32 Å². The number of aryl methyl sites for hydroxylation is 3. The quantitative estimate of drug-likeness (QED) is 0.716. The predicted octanol–water partition coefficient (Wildman–Crippen LogP) is 2.96. The smallest absolute Gasteiger partial charge is 0.264 e. The number of fused-ring (bicyclic) bond motifs is 3. The molecule has 0 saturated heterocycles. The zero-order valence-corrected chi connectivity index (χ0v) is 14.4. The largest absolute Gasteiger partial charge is 0.364 e. The van der Waals surface area contributed by atoms with Crippen molar-refractivity contribution in [2.75, 3.05) is 5.32 Å². The second kappa shape index (κ2) is 6.32. The van der Waals surface area contributed by atoms with Crippen LogP contribution in [0.4, 0.5) is 5.82 Å². The average Bonchev–Trinajstić information content (AvgIpc) is 2.75. The monoisotopic (exact) mass is 341 g/mol. The number of hydrogen-bond donors (Lipinski definition) is 2. The SMILES string of the molecule is Cc1nc(NCc2ccc(=O)[nH]n2)c2c3c(sc2n1)CCCCC3. The lowest BCUT2D eigenvalue weighted by molar-refractivity contribution is 0.713. The summed E-state index contributed by atoms with van der Waals surface area (Å²) in [5.74, 6) is 1.65. The van der Waals surface area contributed by atoms with Crippen LogP contribution in [0, 0.1) is 6.92 Å². The van der Waals surface area contributed by atoms with E-state index in [1.165, 1.54) is 41.2 Å². The molecule has 0 atom stereocenters. The van der Waals surface area contributed by atoms with Crippen LogP contribution < -0.4 is 10.9 Å². The fraction of sp³-hybridized carbons (Fsp3) is 0.412. The minimum Gasteiger partial charge on any atom is -0.364 e. The molecule has 1 aliphatic carbocycles. The van der Waals surface area contributed by atoms with Crippen LogP contribution in [0.25, 0.3) is 10.2 Å². The molecule has 6 nitrogen and oxygen atoms in total. The van der Waals surface area contributed by atoms with Crippen LogP contribution in [-0.4, -0.2) is 20.2 Å². The molecular weight excluding hydrogens is 322 g/mol. The van der Waals surface area contributed by atoms with Crippen molar-refractivity contribution in [1.82, 2.24) is 20.2 Å². The Morgan fingerprint density at radius 3 is 2.92 bits per heavy atom. The summed E-state index contributed by atoms with van der Waals surface area (Å²) in [7, 11) is 0. The van der Waals surface area contributed by atoms with Crippen molar-refractivity contribution in [3.05, 3.63) is 44.4 Å². The minimum atomic E-state index is -0.192. The van der Waals surface area contributed by atoms with Crippen molar-refractivity contribution < 1.29 is 0 Å². The second-order valence-electron chi connectivity index (χ2n) is 6.13. The van der Waals surface area contributed by atoms with Gasteiger partial charge in [0.2, 0.25) is 0 Å². The minimum absolute atomic E-state index is 0.192. The summed E-state index contributed by atoms with van der Waals surface area (Å²) < 4.78 is 0. The lowest BCUT2D eigenvalue weighted by atomic mass is 10.1. The van der Waals surface area contributed by atoms with Crippen molar-refractivity contribution >= 4 is 27.4 Å². The van der Waals surface area contributed by atoms with E-state index in [9.17, 15) is 4.79 Å². The van der Waals surface area contributed by atoms with E-state index in [4.69, 9.17) is 0 Å². The molecule has 1 aliphatic rings. The molecule has 0 spiro atoms. The first kappa shape index (κ1) is 15.3. The van der Waals surface area contributed by atoms with Gasteiger partial charge in [-0.3, -0.25) is 4.79 Å². The standard InChI is InChI=1S/C17H19N5OS/c1-10-19-16(18-9-11-7-8-14(23)22-21-11)15-12-5-3-2-4-6-13(12)24-17(15)20-10/h7-8H,2-6,9H2,1H3,(H,22,23)(H,18,19,20). The lowest BCUT2D eigenvalue weighted by Crippen LogP contribution is -2.11. The van der Waals surface area contributed by atoms with Gasteiger partial charge in [0.05, 0.1) is 17.6 Å². The van der Waals surface area contributed by atoms with Crippen molar-refractivity contribution in [1.29, 1.82) is 0 Å². The number of nitrogens with one attached hydrogen (secondary N) is 2. The molecule has 0 unspecified atom stereocenters. The van der Waals surface area contributed by atoms with Gasteiger partial charge in [-0.05, 0) is 44.2 Å². The molecule has 0 aliphatic heterocycles. The Hall–Kier alpha value is -2.28. The van der Waals surface area contributed by atoms with Crippen molar-refractivity contribution in [3.8, 4) is 0 Å². The van der Waals surface area contributed by atoms with Crippen molar-refractivity contribution in [2.24, 2.45) is 0 Å². The third kappa shape index (κ3) is 2.91. The fourth-order valence-corrected chi connectivity index (χ4v) is 4.52. The Morgan fingerprint density at radius 2 is 2.08 bits per heavy atom. The topological polar surface area (TPSA) is 83.6 Å². The van der Waals surface area contributed by atoms with Gasteiger partial charge in [-0.2, -0.15) is 5.10 Å². The first-order valence-electron chi connectivity index (χ1n) is 8.28. The van der Waals surface area contributed by atoms with E-state index in [2.05, 4.69) is 25.5 Å². The van der Waals surface area contributed by atoms with E-state index in [-0.39, 0.29) is 5.56 Å². The van der Waals surface area contributed by atoms with E-state index in [0.29, 0.717) is 6.54 Å². The second-order valence-corrected chi connectivity index (χ2v) is 7.21. The lowest BCUT2D eigenvalue weighted by Gasteiger charge is -2.09. The maximum Gasteiger partial charge on any atom is 0.264 e. The Labute approximate surface area is 143 Å². The Bertz CT molecular complexity index is 926. The summed E-state index contributed by atoms with van der Waals surface area (Å²) in [5.41, 5.74) is 2.01. The van der Waals surface area contributed by atoms with E-state index < -0.39 is 0 Å². The maximum absolute atomic E-state index is 11.1. The van der Waals surface area contributed by atoms with Crippen LogP contribution >= 0.6 is 11.3 Å². The third-order valence-corrected chi connectivity index (χ3v) is 5.54. The summed E-state index contributed by atoms with van der Waals surface area (Å²) in [5, 5.41) is 11.1. The highest BCUT2D eigenvalue weighted by Crippen LogP contribution is 2.38. The molecule has 3 aromatic heterocycles. The molecule has 0 radical (unpaired) electrons. The van der Waals surface area contributed by atoms with Gasteiger partial charge in [-0.1, -0.05) is 6.42 Å². The summed E-state index contributed by atoms with van der Waals surface area (Å²) in [6, 6.07) is 3.21. The molecule has 24 heavy (non-hydrogen) atoms. The van der Waals surface area contributed by atoms with Crippen molar-refractivity contribution in [3.63, 3.8) is 0 Å². The maximum atomic E-state index is 11.1. The van der Waals surface area contributed by atoms with Crippen LogP contribution in [0.5, 0.6) is 0 Å². The number of nitrogens with zero attached hydrogens (tertiary/aromatic N) is 3. The van der Waals surface area contributed by atoms with Gasteiger partial charge in [0.25, 0.3) is 5.56 Å². The third-order valence-electron chi connectivity index (χ3n) is 4.35. The van der Waals surface area contributed by atoms with E-state index in [1.54, 1.807) is 6.07 Å². The molecule has 3 aromatic rings. The van der Waals surface area contributed by atoms with Crippen LogP contribution in [-0.2, 0) is 19.4 Å². The highest BCUT2D eigenvalue weighted by molar-refractivity contribution is 7.19. The number of rotatable bonds is 3. The number of aromatic nitrogens is 4. The molecule has 7 heteroatoms. The Morgan fingerprint density at radius 1 is 1.21 bits per heavy atom. The molecular formula is C17H19N5OS. The highest BCUT2D eigenvalue weighted by atomic mass is 32.1. The van der Waals surface area contributed by atoms with Gasteiger partial charge in [0, 0.05) is 10.9 Å². The van der Waals surface area contributed by atoms with Crippen LogP contribution in [0.1, 0.15) is 41.2 Å². The number of hydrogen-bond acceptors (Lipinski definition) is 6. The van der Waals surface area contributed by atoms with E-state index >= 15 is 0 Å². The molecule has 0 saturated carbocycles. The Kier molecular flexibility index (Phi) is 4.02. The number of aromatic amines is 1. The van der Waals surface area contributed by atoms with Gasteiger partial charge in [-0.25, -0.2) is 15.1 Å².